The van der Waals surface area contributed by atoms with E-state index in [9.17, 15) is 17.2 Å². The van der Waals surface area contributed by atoms with Crippen LogP contribution in [0, 0.1) is 17.5 Å². The summed E-state index contributed by atoms with van der Waals surface area (Å²) in [6, 6.07) is 16.1. The quantitative estimate of drug-likeness (QED) is 0.210. The summed E-state index contributed by atoms with van der Waals surface area (Å²) in [5.74, 6) is -4.02. The van der Waals surface area contributed by atoms with Crippen molar-refractivity contribution in [2.75, 3.05) is 11.8 Å². The molecule has 0 amide bonds. The molecule has 0 saturated heterocycles. The van der Waals surface area contributed by atoms with Gasteiger partial charge in [0.1, 0.15) is 22.4 Å². The average Bonchev–Trinajstić information content (AvgIpc) is 3.35. The van der Waals surface area contributed by atoms with Crippen LogP contribution in [0.5, 0.6) is 5.75 Å². The van der Waals surface area contributed by atoms with E-state index in [1.54, 1.807) is 6.07 Å². The largest absolute Gasteiger partial charge is 0.497 e. The van der Waals surface area contributed by atoms with Crippen LogP contribution in [0.2, 0.25) is 5.28 Å². The smallest absolute Gasteiger partial charge is 0.267 e. The third-order valence-electron chi connectivity index (χ3n) is 5.48. The molecule has 0 aliphatic heterocycles. The maximum Gasteiger partial charge on any atom is 0.267 e. The van der Waals surface area contributed by atoms with E-state index in [-0.39, 0.29) is 22.3 Å². The first-order chi connectivity index (χ1) is 18.7. The number of aromatic nitrogens is 3. The molecule has 1 N–H and O–H groups in total. The maximum atomic E-state index is 15.9. The van der Waals surface area contributed by atoms with Crippen molar-refractivity contribution in [2.45, 2.75) is 4.90 Å². The molecule has 0 radical (unpaired) electrons. The number of nitrogens with one attached hydrogen (secondary N) is 1. The highest BCUT2D eigenvalue weighted by molar-refractivity contribution is 7.92. The Bertz CT molecular complexity index is 1780. The molecule has 0 aliphatic carbocycles. The number of halogens is 4. The lowest BCUT2D eigenvalue weighted by atomic mass is 10.1. The minimum absolute atomic E-state index is 0.0290. The van der Waals surface area contributed by atoms with E-state index in [1.165, 1.54) is 36.8 Å². The van der Waals surface area contributed by atoms with Crippen LogP contribution in [0.3, 0.4) is 0 Å². The van der Waals surface area contributed by atoms with Crippen molar-refractivity contribution in [3.63, 3.8) is 0 Å². The molecule has 2 aromatic heterocycles. The monoisotopic (exact) mass is 588 g/mol. The molecular formula is C26H16ClF3N4O3S2. The number of hydrogen-bond acceptors (Lipinski definition) is 7. The van der Waals surface area contributed by atoms with Gasteiger partial charge >= 0.3 is 0 Å². The van der Waals surface area contributed by atoms with Crippen LogP contribution >= 0.6 is 22.9 Å². The minimum atomic E-state index is -4.88. The number of methoxy groups -OCH3 is 1. The van der Waals surface area contributed by atoms with Crippen LogP contribution in [0.1, 0.15) is 0 Å². The van der Waals surface area contributed by atoms with Crippen LogP contribution in [0.25, 0.3) is 32.4 Å². The summed E-state index contributed by atoms with van der Waals surface area (Å²) in [4.78, 5) is 11.9. The Morgan fingerprint density at radius 1 is 0.949 bits per heavy atom. The van der Waals surface area contributed by atoms with Gasteiger partial charge in [0.15, 0.2) is 10.7 Å². The Morgan fingerprint density at radius 3 is 2.33 bits per heavy atom. The third-order valence-corrected chi connectivity index (χ3v) is 8.21. The van der Waals surface area contributed by atoms with E-state index in [0.29, 0.717) is 27.7 Å². The van der Waals surface area contributed by atoms with Crippen molar-refractivity contribution in [3.05, 3.63) is 95.7 Å². The Hall–Kier alpha value is -4.00. The molecule has 2 heterocycles. The number of hydrogen-bond donors (Lipinski definition) is 1. The molecule has 0 unspecified atom stereocenters. The molecule has 0 fully saturated rings. The number of nitrogens with zero attached hydrogens (tertiary/aromatic N) is 3. The van der Waals surface area contributed by atoms with Crippen molar-refractivity contribution >= 4 is 38.6 Å². The summed E-state index contributed by atoms with van der Waals surface area (Å²) in [6.45, 7) is 0. The molecule has 0 atom stereocenters. The van der Waals surface area contributed by atoms with Gasteiger partial charge in [-0.05, 0) is 29.8 Å². The predicted molar refractivity (Wildman–Crippen MR) is 143 cm³/mol. The van der Waals surface area contributed by atoms with Gasteiger partial charge in [-0.25, -0.2) is 36.5 Å². The van der Waals surface area contributed by atoms with Gasteiger partial charge in [0.25, 0.3) is 10.0 Å². The summed E-state index contributed by atoms with van der Waals surface area (Å²) >= 11 is 7.22. The molecular weight excluding hydrogens is 573 g/mol. The summed E-state index contributed by atoms with van der Waals surface area (Å²) in [7, 11) is -3.70. The van der Waals surface area contributed by atoms with Crippen LogP contribution in [0.15, 0.2) is 77.8 Å². The summed E-state index contributed by atoms with van der Waals surface area (Å²) in [5, 5.41) is 0.515. The van der Waals surface area contributed by atoms with Crippen molar-refractivity contribution in [1.29, 1.82) is 0 Å². The second kappa shape index (κ2) is 10.6. The van der Waals surface area contributed by atoms with Gasteiger partial charge in [-0.2, -0.15) is 0 Å². The van der Waals surface area contributed by atoms with Gasteiger partial charge < -0.3 is 4.74 Å². The fourth-order valence-electron chi connectivity index (χ4n) is 3.74. The lowest BCUT2D eigenvalue weighted by Crippen LogP contribution is -2.17. The zero-order chi connectivity index (χ0) is 27.7. The zero-order valence-electron chi connectivity index (χ0n) is 19.8. The lowest BCUT2D eigenvalue weighted by Gasteiger charge is -2.13. The lowest BCUT2D eigenvalue weighted by molar-refractivity contribution is 0.402. The molecule has 5 rings (SSSR count). The van der Waals surface area contributed by atoms with E-state index in [2.05, 4.69) is 15.0 Å². The van der Waals surface area contributed by atoms with Crippen molar-refractivity contribution in [3.8, 4) is 38.1 Å². The third kappa shape index (κ3) is 5.31. The molecule has 0 bridgehead atoms. The highest BCUT2D eigenvalue weighted by Crippen LogP contribution is 2.42. The molecule has 39 heavy (non-hydrogen) atoms. The Balaban J connectivity index is 1.62. The van der Waals surface area contributed by atoms with Gasteiger partial charge in [0.2, 0.25) is 5.28 Å². The Labute approximate surface area is 230 Å². The molecule has 3 aromatic carbocycles. The molecule has 7 nitrogen and oxygen atoms in total. The van der Waals surface area contributed by atoms with Crippen LogP contribution in [-0.2, 0) is 10.0 Å². The summed E-state index contributed by atoms with van der Waals surface area (Å²) in [6.07, 6.45) is 1.44. The van der Waals surface area contributed by atoms with E-state index in [0.717, 1.165) is 11.6 Å². The first-order valence-electron chi connectivity index (χ1n) is 11.1. The Kier molecular flexibility index (Phi) is 7.25. The van der Waals surface area contributed by atoms with E-state index in [1.807, 2.05) is 35.1 Å². The molecule has 5 aromatic rings. The van der Waals surface area contributed by atoms with E-state index < -0.39 is 38.1 Å². The standard InChI is InChI=1S/C26H16ClF3N4O3S2/c1-37-15-12-17(28)24(18(29)13-15)39(35,36)34-19-9-5-8-16(21(19)30)22-23(20-10-11-31-26(27)32-20)38-25(33-22)14-6-3-2-4-7-14/h2-13,34H,1H3. The number of ether oxygens (including phenoxy) is 1. The Morgan fingerprint density at radius 2 is 1.67 bits per heavy atom. The normalized spacial score (nSPS) is 11.4. The number of anilines is 1. The van der Waals surface area contributed by atoms with Gasteiger partial charge in [-0.15, -0.1) is 11.3 Å². The van der Waals surface area contributed by atoms with Crippen molar-refractivity contribution in [1.82, 2.24) is 15.0 Å². The van der Waals surface area contributed by atoms with Crippen molar-refractivity contribution < 1.29 is 26.3 Å². The highest BCUT2D eigenvalue weighted by Gasteiger charge is 2.28. The fourth-order valence-corrected chi connectivity index (χ4v) is 6.13. The predicted octanol–water partition coefficient (Wildman–Crippen LogP) is 6.81. The van der Waals surface area contributed by atoms with Gasteiger partial charge in [-0.3, -0.25) is 4.72 Å². The van der Waals surface area contributed by atoms with Gasteiger partial charge in [0, 0.05) is 29.5 Å². The van der Waals surface area contributed by atoms with Gasteiger partial charge in [-0.1, -0.05) is 36.4 Å². The zero-order valence-corrected chi connectivity index (χ0v) is 22.2. The van der Waals surface area contributed by atoms with Crippen molar-refractivity contribution in [2.24, 2.45) is 0 Å². The van der Waals surface area contributed by atoms with E-state index >= 15 is 4.39 Å². The molecule has 0 saturated carbocycles. The molecule has 0 aliphatic rings. The highest BCUT2D eigenvalue weighted by atomic mass is 35.5. The van der Waals surface area contributed by atoms with E-state index in [4.69, 9.17) is 16.3 Å². The number of thiazole rings is 1. The molecule has 198 valence electrons. The number of sulfonamides is 1. The van der Waals surface area contributed by atoms with Crippen LogP contribution in [0.4, 0.5) is 18.9 Å². The van der Waals surface area contributed by atoms with Crippen LogP contribution in [-0.4, -0.2) is 30.5 Å². The maximum absolute atomic E-state index is 15.9. The number of rotatable bonds is 7. The average molecular weight is 589 g/mol. The molecule has 0 spiro atoms. The fraction of sp³-hybridized carbons (Fsp3) is 0.0385. The summed E-state index contributed by atoms with van der Waals surface area (Å²) in [5.41, 5.74) is 0.682. The first kappa shape index (κ1) is 26.6. The molecule has 13 heteroatoms. The second-order valence-electron chi connectivity index (χ2n) is 7.97. The second-order valence-corrected chi connectivity index (χ2v) is 10.9. The van der Waals surface area contributed by atoms with Crippen LogP contribution < -0.4 is 9.46 Å². The summed E-state index contributed by atoms with van der Waals surface area (Å²) < 4.78 is 77.4. The SMILES string of the molecule is COc1cc(F)c(S(=O)(=O)Nc2cccc(-c3nc(-c4ccccc4)sc3-c3ccnc(Cl)n3)c2F)c(F)c1. The van der Waals surface area contributed by atoms with Gasteiger partial charge in [0.05, 0.1) is 29.1 Å². The first-order valence-corrected chi connectivity index (χ1v) is 13.8. The topological polar surface area (TPSA) is 94.1 Å². The number of benzene rings is 3. The minimum Gasteiger partial charge on any atom is -0.497 e.